The van der Waals surface area contributed by atoms with E-state index in [2.05, 4.69) is 69.4 Å². The molecule has 0 saturated heterocycles. The molecule has 0 heterocycles. The Hall–Kier alpha value is -2.63. The van der Waals surface area contributed by atoms with Crippen molar-refractivity contribution >= 4 is 17.9 Å². The van der Waals surface area contributed by atoms with E-state index >= 15 is 0 Å². The molecular weight excluding hydrogens is 853 g/mol. The van der Waals surface area contributed by atoms with Gasteiger partial charge in [0, 0.05) is 19.3 Å². The van der Waals surface area contributed by atoms with E-state index in [1.165, 1.54) is 180 Å². The third-order valence-corrected chi connectivity index (χ3v) is 13.3. The number of hydrogen-bond donors (Lipinski definition) is 0. The summed E-state index contributed by atoms with van der Waals surface area (Å²) in [7, 11) is 0. The van der Waals surface area contributed by atoms with E-state index < -0.39 is 6.10 Å². The minimum absolute atomic E-state index is 0.0805. The fourth-order valence-electron chi connectivity index (χ4n) is 8.74. The zero-order chi connectivity index (χ0) is 50.0. The second kappa shape index (κ2) is 57.9. The topological polar surface area (TPSA) is 78.9 Å². The summed E-state index contributed by atoms with van der Waals surface area (Å²) in [5.41, 5.74) is 0. The van der Waals surface area contributed by atoms with E-state index in [-0.39, 0.29) is 31.1 Å². The maximum absolute atomic E-state index is 12.9. The molecule has 6 nitrogen and oxygen atoms in total. The van der Waals surface area contributed by atoms with Crippen molar-refractivity contribution in [1.82, 2.24) is 0 Å². The summed E-state index contributed by atoms with van der Waals surface area (Å²) in [6.45, 7) is 6.62. The summed E-state index contributed by atoms with van der Waals surface area (Å²) in [4.78, 5) is 38.2. The van der Waals surface area contributed by atoms with E-state index in [9.17, 15) is 14.4 Å². The lowest BCUT2D eigenvalue weighted by atomic mass is 10.0. The second-order valence-corrected chi connectivity index (χ2v) is 20.3. The first-order valence-corrected chi connectivity index (χ1v) is 30.1. The molecular formula is C63H114O6. The average Bonchev–Trinajstić information content (AvgIpc) is 3.35. The number of rotatable bonds is 55. The highest BCUT2D eigenvalue weighted by Gasteiger charge is 2.19. The van der Waals surface area contributed by atoms with Gasteiger partial charge >= 0.3 is 17.9 Å². The number of ether oxygens (including phenoxy) is 3. The van der Waals surface area contributed by atoms with E-state index in [1.807, 2.05) is 0 Å². The molecule has 0 aliphatic heterocycles. The zero-order valence-electron chi connectivity index (χ0n) is 46.1. The molecule has 0 aromatic heterocycles. The van der Waals surface area contributed by atoms with Crippen LogP contribution in [0.25, 0.3) is 0 Å². The molecule has 0 radical (unpaired) electrons. The van der Waals surface area contributed by atoms with Crippen LogP contribution in [0, 0.1) is 0 Å². The van der Waals surface area contributed by atoms with Crippen molar-refractivity contribution in [2.24, 2.45) is 0 Å². The Balaban J connectivity index is 4.37. The molecule has 0 rings (SSSR count). The van der Waals surface area contributed by atoms with Crippen molar-refractivity contribution in [2.75, 3.05) is 13.2 Å². The van der Waals surface area contributed by atoms with Gasteiger partial charge in [0.25, 0.3) is 0 Å². The van der Waals surface area contributed by atoms with Crippen LogP contribution in [0.15, 0.2) is 48.6 Å². The van der Waals surface area contributed by atoms with Crippen molar-refractivity contribution in [2.45, 2.75) is 322 Å². The van der Waals surface area contributed by atoms with Crippen LogP contribution in [-0.4, -0.2) is 37.2 Å². The van der Waals surface area contributed by atoms with E-state index in [0.717, 1.165) is 96.3 Å². The average molecular weight is 968 g/mol. The van der Waals surface area contributed by atoms with Gasteiger partial charge in [0.05, 0.1) is 0 Å². The molecule has 0 aliphatic rings. The van der Waals surface area contributed by atoms with Crippen molar-refractivity contribution in [3.8, 4) is 0 Å². The molecule has 0 fully saturated rings. The van der Waals surface area contributed by atoms with Gasteiger partial charge in [0.15, 0.2) is 6.10 Å². The van der Waals surface area contributed by atoms with Crippen molar-refractivity contribution in [3.05, 3.63) is 48.6 Å². The minimum Gasteiger partial charge on any atom is -0.462 e. The monoisotopic (exact) mass is 967 g/mol. The molecule has 0 bridgehead atoms. The third kappa shape index (κ3) is 56.2. The lowest BCUT2D eigenvalue weighted by Crippen LogP contribution is -2.30. The maximum atomic E-state index is 12.9. The number of allylic oxidation sites excluding steroid dienone is 8. The van der Waals surface area contributed by atoms with Gasteiger partial charge in [-0.05, 0) is 83.5 Å². The second-order valence-electron chi connectivity index (χ2n) is 20.3. The maximum Gasteiger partial charge on any atom is 0.306 e. The molecule has 0 saturated carbocycles. The Bertz CT molecular complexity index is 1200. The number of carbonyl (C=O) groups is 3. The van der Waals surface area contributed by atoms with E-state index in [0.29, 0.717) is 19.3 Å². The fraction of sp³-hybridized carbons (Fsp3) is 0.825. The van der Waals surface area contributed by atoms with Crippen molar-refractivity contribution in [3.63, 3.8) is 0 Å². The number of esters is 3. The Morgan fingerprint density at radius 2 is 0.522 bits per heavy atom. The molecule has 0 aliphatic carbocycles. The zero-order valence-corrected chi connectivity index (χ0v) is 46.1. The van der Waals surface area contributed by atoms with Crippen LogP contribution >= 0.6 is 0 Å². The van der Waals surface area contributed by atoms with Gasteiger partial charge < -0.3 is 14.2 Å². The quantitative estimate of drug-likeness (QED) is 0.0262. The molecule has 402 valence electrons. The van der Waals surface area contributed by atoms with Gasteiger partial charge in [-0.2, -0.15) is 0 Å². The van der Waals surface area contributed by atoms with Gasteiger partial charge in [0.2, 0.25) is 0 Å². The SMILES string of the molecule is CCCCC/C=C\C/C=C\C/C=C\CCCCCCC(=O)OC[C@H](COC(=O)CCCCCCCCCCCCCCCCCCCCC)OC(=O)CCCCCCC/C=C\CCCCCCCC. The summed E-state index contributed by atoms with van der Waals surface area (Å²) in [6, 6.07) is 0. The van der Waals surface area contributed by atoms with Crippen LogP contribution in [0.3, 0.4) is 0 Å². The Labute approximate surface area is 428 Å². The van der Waals surface area contributed by atoms with E-state index in [4.69, 9.17) is 14.2 Å². The van der Waals surface area contributed by atoms with Crippen LogP contribution in [0.4, 0.5) is 0 Å². The predicted molar refractivity (Wildman–Crippen MR) is 298 cm³/mol. The van der Waals surface area contributed by atoms with Crippen molar-refractivity contribution < 1.29 is 28.6 Å². The standard InChI is InChI=1S/C63H114O6/c1-4-7-10-13-16-19-22-25-28-30-31-33-36-38-41-44-47-50-53-56-62(65)68-59-60(69-63(66)57-54-51-48-45-42-39-34-27-24-21-18-15-12-9-6-3)58-67-61(64)55-52-49-46-43-40-37-35-32-29-26-23-20-17-14-11-8-5-2/h17,20,26-27,29,34-35,37,60H,4-16,18-19,21-25,28,30-33,36,38-59H2,1-3H3/b20-17-,29-26-,34-27-,37-35-/t60-/m1/s1. The van der Waals surface area contributed by atoms with Crippen LogP contribution in [0.5, 0.6) is 0 Å². The molecule has 0 N–H and O–H groups in total. The molecule has 0 amide bonds. The minimum atomic E-state index is -0.785. The molecule has 0 spiro atoms. The Morgan fingerprint density at radius 3 is 0.855 bits per heavy atom. The fourth-order valence-corrected chi connectivity index (χ4v) is 8.74. The van der Waals surface area contributed by atoms with Gasteiger partial charge in [-0.1, -0.05) is 262 Å². The van der Waals surface area contributed by atoms with Crippen LogP contribution in [0.2, 0.25) is 0 Å². The van der Waals surface area contributed by atoms with Gasteiger partial charge in [-0.3, -0.25) is 14.4 Å². The summed E-state index contributed by atoms with van der Waals surface area (Å²) >= 11 is 0. The van der Waals surface area contributed by atoms with Crippen LogP contribution < -0.4 is 0 Å². The first-order chi connectivity index (χ1) is 34.0. The first kappa shape index (κ1) is 66.4. The highest BCUT2D eigenvalue weighted by atomic mass is 16.6. The van der Waals surface area contributed by atoms with Gasteiger partial charge in [-0.25, -0.2) is 0 Å². The molecule has 0 unspecified atom stereocenters. The van der Waals surface area contributed by atoms with Gasteiger partial charge in [-0.15, -0.1) is 0 Å². The smallest absolute Gasteiger partial charge is 0.306 e. The summed E-state index contributed by atoms with van der Waals surface area (Å²) in [5.74, 6) is -0.894. The Morgan fingerprint density at radius 1 is 0.290 bits per heavy atom. The van der Waals surface area contributed by atoms with Gasteiger partial charge in [0.1, 0.15) is 13.2 Å². The predicted octanol–water partition coefficient (Wildman–Crippen LogP) is 20.2. The molecule has 1 atom stereocenters. The summed E-state index contributed by atoms with van der Waals surface area (Å²) in [5, 5.41) is 0. The third-order valence-electron chi connectivity index (χ3n) is 13.3. The number of carbonyl (C=O) groups excluding carboxylic acids is 3. The normalized spacial score (nSPS) is 12.3. The molecule has 0 aromatic carbocycles. The van der Waals surface area contributed by atoms with E-state index in [1.54, 1.807) is 0 Å². The summed E-state index contributed by atoms with van der Waals surface area (Å²) < 4.78 is 16.9. The molecule has 69 heavy (non-hydrogen) atoms. The summed E-state index contributed by atoms with van der Waals surface area (Å²) in [6.07, 6.45) is 71.0. The highest BCUT2D eigenvalue weighted by molar-refractivity contribution is 5.71. The van der Waals surface area contributed by atoms with Crippen molar-refractivity contribution in [1.29, 1.82) is 0 Å². The number of unbranched alkanes of at least 4 members (excludes halogenated alkanes) is 36. The largest absolute Gasteiger partial charge is 0.462 e. The van der Waals surface area contributed by atoms with Crippen LogP contribution in [0.1, 0.15) is 316 Å². The molecule has 6 heteroatoms. The van der Waals surface area contributed by atoms with Crippen LogP contribution in [-0.2, 0) is 28.6 Å². The lowest BCUT2D eigenvalue weighted by molar-refractivity contribution is -0.167. The molecule has 0 aromatic rings. The highest BCUT2D eigenvalue weighted by Crippen LogP contribution is 2.16. The first-order valence-electron chi connectivity index (χ1n) is 30.1. The Kier molecular flexibility index (Phi) is 55.7. The number of hydrogen-bond acceptors (Lipinski definition) is 6. The lowest BCUT2D eigenvalue weighted by Gasteiger charge is -2.18.